The summed E-state index contributed by atoms with van der Waals surface area (Å²) in [4.78, 5) is 2.43. The fourth-order valence-electron chi connectivity index (χ4n) is 2.35. The smallest absolute Gasteiger partial charge is 0.0642 e. The topological polar surface area (TPSA) is 24.5 Å². The van der Waals surface area contributed by atoms with E-state index in [1.54, 1.807) is 0 Å². The SMILES string of the molecule is Brc1ccc(N2CCOCC2)c(CNC2CC2)c1. The number of hydrogen-bond acceptors (Lipinski definition) is 3. The first kappa shape index (κ1) is 12.5. The van der Waals surface area contributed by atoms with E-state index >= 15 is 0 Å². The Morgan fingerprint density at radius 2 is 2.06 bits per heavy atom. The largest absolute Gasteiger partial charge is 0.378 e. The second kappa shape index (κ2) is 5.59. The van der Waals surface area contributed by atoms with Crippen molar-refractivity contribution in [3.63, 3.8) is 0 Å². The van der Waals surface area contributed by atoms with Crippen LogP contribution in [0.4, 0.5) is 5.69 Å². The monoisotopic (exact) mass is 310 g/mol. The lowest BCUT2D eigenvalue weighted by Gasteiger charge is -2.30. The number of anilines is 1. The summed E-state index contributed by atoms with van der Waals surface area (Å²) in [6, 6.07) is 7.34. The van der Waals surface area contributed by atoms with Crippen LogP contribution in [0.3, 0.4) is 0 Å². The van der Waals surface area contributed by atoms with E-state index < -0.39 is 0 Å². The molecule has 0 radical (unpaired) electrons. The van der Waals surface area contributed by atoms with E-state index in [1.807, 2.05) is 0 Å². The van der Waals surface area contributed by atoms with Gasteiger partial charge < -0.3 is 15.0 Å². The summed E-state index contributed by atoms with van der Waals surface area (Å²) in [5, 5.41) is 3.60. The zero-order chi connectivity index (χ0) is 12.4. The van der Waals surface area contributed by atoms with Crippen molar-refractivity contribution in [1.29, 1.82) is 0 Å². The van der Waals surface area contributed by atoms with Gasteiger partial charge in [-0.15, -0.1) is 0 Å². The second-order valence-electron chi connectivity index (χ2n) is 5.03. The van der Waals surface area contributed by atoms with Crippen molar-refractivity contribution in [2.75, 3.05) is 31.2 Å². The lowest BCUT2D eigenvalue weighted by molar-refractivity contribution is 0.122. The molecule has 0 amide bonds. The van der Waals surface area contributed by atoms with Gasteiger partial charge in [-0.2, -0.15) is 0 Å². The molecule has 1 aromatic rings. The van der Waals surface area contributed by atoms with Crippen molar-refractivity contribution in [2.24, 2.45) is 0 Å². The quantitative estimate of drug-likeness (QED) is 0.925. The third kappa shape index (κ3) is 3.05. The Bertz CT molecular complexity index is 414. The molecule has 0 unspecified atom stereocenters. The van der Waals surface area contributed by atoms with Gasteiger partial charge in [0.25, 0.3) is 0 Å². The summed E-state index contributed by atoms with van der Waals surface area (Å²) in [5.74, 6) is 0. The van der Waals surface area contributed by atoms with Gasteiger partial charge in [0.05, 0.1) is 13.2 Å². The molecule has 0 bridgehead atoms. The molecule has 1 heterocycles. The highest BCUT2D eigenvalue weighted by molar-refractivity contribution is 9.10. The van der Waals surface area contributed by atoms with Crippen LogP contribution in [0.2, 0.25) is 0 Å². The van der Waals surface area contributed by atoms with Gasteiger partial charge in [0.2, 0.25) is 0 Å². The maximum absolute atomic E-state index is 5.43. The van der Waals surface area contributed by atoms with Gasteiger partial charge in [-0.3, -0.25) is 0 Å². The Balaban J connectivity index is 1.76. The fraction of sp³-hybridized carbons (Fsp3) is 0.571. The predicted molar refractivity (Wildman–Crippen MR) is 77.0 cm³/mol. The standard InChI is InChI=1S/C14H19BrN2O/c15-12-1-4-14(17-5-7-18-8-6-17)11(9-12)10-16-13-2-3-13/h1,4,9,13,16H,2-3,5-8,10H2. The van der Waals surface area contributed by atoms with Crippen LogP contribution in [0.5, 0.6) is 0 Å². The number of nitrogens with zero attached hydrogens (tertiary/aromatic N) is 1. The summed E-state index contributed by atoms with van der Waals surface area (Å²) < 4.78 is 6.59. The van der Waals surface area contributed by atoms with Gasteiger partial charge in [0.1, 0.15) is 0 Å². The van der Waals surface area contributed by atoms with Gasteiger partial charge in [-0.05, 0) is 36.6 Å². The average Bonchev–Trinajstić information content (AvgIpc) is 3.21. The third-order valence-electron chi connectivity index (χ3n) is 3.55. The van der Waals surface area contributed by atoms with Crippen molar-refractivity contribution in [2.45, 2.75) is 25.4 Å². The number of ether oxygens (including phenoxy) is 1. The first-order valence-corrected chi connectivity index (χ1v) is 7.47. The number of rotatable bonds is 4. The van der Waals surface area contributed by atoms with Crippen LogP contribution in [0.1, 0.15) is 18.4 Å². The molecule has 98 valence electrons. The molecule has 0 aromatic heterocycles. The summed E-state index contributed by atoms with van der Waals surface area (Å²) in [7, 11) is 0. The molecule has 2 fully saturated rings. The molecule has 3 nitrogen and oxygen atoms in total. The Kier molecular flexibility index (Phi) is 3.87. The van der Waals surface area contributed by atoms with Gasteiger partial charge >= 0.3 is 0 Å². The molecule has 1 aliphatic heterocycles. The molecular formula is C14H19BrN2O. The van der Waals surface area contributed by atoms with Crippen LogP contribution in [0.15, 0.2) is 22.7 Å². The van der Waals surface area contributed by atoms with E-state index in [9.17, 15) is 0 Å². The van der Waals surface area contributed by atoms with Gasteiger partial charge in [-0.25, -0.2) is 0 Å². The van der Waals surface area contributed by atoms with Crippen LogP contribution < -0.4 is 10.2 Å². The minimum Gasteiger partial charge on any atom is -0.378 e. The molecule has 4 heteroatoms. The molecule has 1 N–H and O–H groups in total. The lowest BCUT2D eigenvalue weighted by atomic mass is 10.1. The highest BCUT2D eigenvalue weighted by Crippen LogP contribution is 2.27. The molecular weight excluding hydrogens is 292 g/mol. The number of halogens is 1. The van der Waals surface area contributed by atoms with Gasteiger partial charge in [0, 0.05) is 35.8 Å². The first-order chi connectivity index (χ1) is 8.83. The third-order valence-corrected chi connectivity index (χ3v) is 4.05. The number of hydrogen-bond donors (Lipinski definition) is 1. The zero-order valence-corrected chi connectivity index (χ0v) is 12.1. The molecule has 2 aliphatic rings. The highest BCUT2D eigenvalue weighted by Gasteiger charge is 2.21. The zero-order valence-electron chi connectivity index (χ0n) is 10.5. The highest BCUT2D eigenvalue weighted by atomic mass is 79.9. The minimum atomic E-state index is 0.751. The maximum atomic E-state index is 5.43. The van der Waals surface area contributed by atoms with E-state index in [0.717, 1.165) is 43.4 Å². The molecule has 1 aromatic carbocycles. The predicted octanol–water partition coefficient (Wildman–Crippen LogP) is 2.54. The molecule has 18 heavy (non-hydrogen) atoms. The maximum Gasteiger partial charge on any atom is 0.0642 e. The number of nitrogens with one attached hydrogen (secondary N) is 1. The number of benzene rings is 1. The molecule has 1 saturated heterocycles. The van der Waals surface area contributed by atoms with Crippen molar-refractivity contribution in [3.8, 4) is 0 Å². The van der Waals surface area contributed by atoms with Crippen molar-refractivity contribution in [1.82, 2.24) is 5.32 Å². The molecule has 0 atom stereocenters. The van der Waals surface area contributed by atoms with E-state index in [4.69, 9.17) is 4.74 Å². The fourth-order valence-corrected chi connectivity index (χ4v) is 2.76. The minimum absolute atomic E-state index is 0.751. The summed E-state index contributed by atoms with van der Waals surface area (Å²) in [6.45, 7) is 4.64. The van der Waals surface area contributed by atoms with E-state index in [1.165, 1.54) is 24.1 Å². The molecule has 0 spiro atoms. The Hall–Kier alpha value is -0.580. The van der Waals surface area contributed by atoms with Crippen molar-refractivity contribution < 1.29 is 4.74 Å². The summed E-state index contributed by atoms with van der Waals surface area (Å²) >= 11 is 3.57. The molecule has 3 rings (SSSR count). The second-order valence-corrected chi connectivity index (χ2v) is 5.94. The Labute approximate surface area is 117 Å². The average molecular weight is 311 g/mol. The van der Waals surface area contributed by atoms with Crippen molar-refractivity contribution >= 4 is 21.6 Å². The van der Waals surface area contributed by atoms with Gasteiger partial charge in [-0.1, -0.05) is 15.9 Å². The van der Waals surface area contributed by atoms with E-state index in [0.29, 0.717) is 0 Å². The molecule has 1 saturated carbocycles. The normalized spacial score (nSPS) is 20.2. The van der Waals surface area contributed by atoms with E-state index in [2.05, 4.69) is 44.3 Å². The van der Waals surface area contributed by atoms with Crippen LogP contribution in [0.25, 0.3) is 0 Å². The number of morpholine rings is 1. The van der Waals surface area contributed by atoms with Crippen LogP contribution in [0, 0.1) is 0 Å². The van der Waals surface area contributed by atoms with Crippen LogP contribution in [-0.4, -0.2) is 32.3 Å². The van der Waals surface area contributed by atoms with Gasteiger partial charge in [0.15, 0.2) is 0 Å². The summed E-state index contributed by atoms with van der Waals surface area (Å²) in [5.41, 5.74) is 2.74. The van der Waals surface area contributed by atoms with Crippen LogP contribution in [-0.2, 0) is 11.3 Å². The lowest BCUT2D eigenvalue weighted by Crippen LogP contribution is -2.37. The Morgan fingerprint density at radius 3 is 2.78 bits per heavy atom. The Morgan fingerprint density at radius 1 is 1.28 bits per heavy atom. The van der Waals surface area contributed by atoms with Crippen molar-refractivity contribution in [3.05, 3.63) is 28.2 Å². The first-order valence-electron chi connectivity index (χ1n) is 6.67. The van der Waals surface area contributed by atoms with E-state index in [-0.39, 0.29) is 0 Å². The van der Waals surface area contributed by atoms with Crippen LogP contribution >= 0.6 is 15.9 Å². The molecule has 1 aliphatic carbocycles. The summed E-state index contributed by atoms with van der Waals surface area (Å²) in [6.07, 6.45) is 2.67.